The van der Waals surface area contributed by atoms with E-state index in [-0.39, 0.29) is 86.4 Å². The summed E-state index contributed by atoms with van der Waals surface area (Å²) in [6.45, 7) is 13.7. The molecule has 0 spiro atoms. The number of carbonyl (C=O) groups excluding carboxylic acids is 6. The van der Waals surface area contributed by atoms with Gasteiger partial charge in [0.1, 0.15) is 5.60 Å². The molecule has 8 aromatic rings. The molecule has 2 N–H and O–H groups in total. The molecule has 0 fully saturated rings. The molecule has 0 aliphatic rings. The van der Waals surface area contributed by atoms with Gasteiger partial charge in [-0.25, -0.2) is 0 Å². The molecular formula is C63H66O12S4. The Hall–Kier alpha value is -6.72. The Kier molecular flexibility index (Phi) is 20.1. The van der Waals surface area contributed by atoms with Crippen LogP contribution < -0.4 is 0 Å². The highest BCUT2D eigenvalue weighted by atomic mass is 32.1. The van der Waals surface area contributed by atoms with Crippen LogP contribution in [0.15, 0.2) is 72.8 Å². The third kappa shape index (κ3) is 16.4. The summed E-state index contributed by atoms with van der Waals surface area (Å²) in [5.41, 5.74) is 8.96. The first-order valence-electron chi connectivity index (χ1n) is 26.4. The molecule has 4 aromatic heterocycles. The van der Waals surface area contributed by atoms with Gasteiger partial charge in [-0.2, -0.15) is 0 Å². The number of ether oxygens (including phenoxy) is 2. The van der Waals surface area contributed by atoms with Crippen molar-refractivity contribution in [3.05, 3.63) is 137 Å². The van der Waals surface area contributed by atoms with Crippen LogP contribution in [-0.2, 0) is 54.3 Å². The molecule has 0 atom stereocenters. The van der Waals surface area contributed by atoms with Gasteiger partial charge in [-0.05, 0) is 202 Å². The fraction of sp³-hybridized carbons (Fsp3) is 0.365. The van der Waals surface area contributed by atoms with E-state index in [9.17, 15) is 38.4 Å². The Morgan fingerprint density at radius 3 is 1.15 bits per heavy atom. The maximum absolute atomic E-state index is 12.8. The summed E-state index contributed by atoms with van der Waals surface area (Å²) < 4.78 is 14.2. The van der Waals surface area contributed by atoms with Crippen LogP contribution in [0.5, 0.6) is 0 Å². The lowest BCUT2D eigenvalue weighted by Gasteiger charge is -2.19. The lowest BCUT2D eigenvalue weighted by atomic mass is 9.97. The maximum Gasteiger partial charge on any atom is 0.306 e. The molecule has 8 rings (SSSR count). The number of aryl methyl sites for hydroxylation is 8. The second-order valence-electron chi connectivity index (χ2n) is 21.1. The van der Waals surface area contributed by atoms with Crippen LogP contribution in [0.4, 0.5) is 0 Å². The predicted octanol–water partition coefficient (Wildman–Crippen LogP) is 15.4. The summed E-state index contributed by atoms with van der Waals surface area (Å²) in [5.74, 6) is -3.01. The number of ketones is 4. The number of esters is 2. The molecule has 0 aliphatic carbocycles. The van der Waals surface area contributed by atoms with Crippen molar-refractivity contribution in [3.63, 3.8) is 0 Å². The standard InChI is InChI=1S/C34H38O6S2.C29H28O6S2/c1-20-14-23(25-19-31(42-29(25)15-20)27(36)10-12-32(37)39-6)9-7-8-22-17-28-24(16-21(22)2)18-30(41-28)26(35)11-13-33(38)40-34(3,4)5;1-16-10-19(21-15-27(37-25(21)11-16)23(31)7-9-29(34)35)5-3-4-18-13-24-20(12-17(18)2)14-26(36-24)22(30)6-8-28(32)33/h14-19H,7-13H2,1-6H3;10-15H,3-9H2,1-2H3,(H,32,33)(H,34,35). The molecule has 0 amide bonds. The molecule has 4 aromatic carbocycles. The number of carboxylic acid groups (broad SMARTS) is 2. The number of aliphatic carboxylic acids is 2. The van der Waals surface area contributed by atoms with Crippen molar-refractivity contribution in [2.45, 2.75) is 144 Å². The van der Waals surface area contributed by atoms with Gasteiger partial charge < -0.3 is 19.7 Å². The highest BCUT2D eigenvalue weighted by Gasteiger charge is 2.21. The summed E-state index contributed by atoms with van der Waals surface area (Å²) >= 11 is 5.81. The van der Waals surface area contributed by atoms with Gasteiger partial charge in [0, 0.05) is 44.5 Å². The summed E-state index contributed by atoms with van der Waals surface area (Å²) in [6.07, 6.45) is 5.49. The zero-order valence-electron chi connectivity index (χ0n) is 45.9. The number of rotatable bonds is 24. The van der Waals surface area contributed by atoms with Crippen molar-refractivity contribution >= 4 is 133 Å². The summed E-state index contributed by atoms with van der Waals surface area (Å²) in [7, 11) is 1.33. The van der Waals surface area contributed by atoms with Crippen molar-refractivity contribution < 1.29 is 58.0 Å². The van der Waals surface area contributed by atoms with E-state index in [1.807, 2.05) is 52.0 Å². The minimum absolute atomic E-state index is 0.00775. The number of Topliss-reactive ketones (excluding diaryl/α,β-unsaturated/α-hetero) is 4. The van der Waals surface area contributed by atoms with Gasteiger partial charge in [-0.15, -0.1) is 45.3 Å². The normalized spacial score (nSPS) is 11.5. The number of fused-ring (bicyclic) bond motifs is 4. The number of benzene rings is 4. The molecular weight excluding hydrogens is 1080 g/mol. The van der Waals surface area contributed by atoms with Gasteiger partial charge >= 0.3 is 23.9 Å². The molecule has 79 heavy (non-hydrogen) atoms. The van der Waals surface area contributed by atoms with E-state index in [0.717, 1.165) is 95.6 Å². The first-order chi connectivity index (χ1) is 37.4. The zero-order chi connectivity index (χ0) is 57.3. The monoisotopic (exact) mass is 1140 g/mol. The number of hydrogen-bond donors (Lipinski definition) is 2. The lowest BCUT2D eigenvalue weighted by Crippen LogP contribution is -2.24. The lowest BCUT2D eigenvalue weighted by molar-refractivity contribution is -0.154. The average Bonchev–Trinajstić information content (AvgIpc) is 4.22. The largest absolute Gasteiger partial charge is 0.481 e. The molecule has 12 nitrogen and oxygen atoms in total. The van der Waals surface area contributed by atoms with E-state index in [1.165, 1.54) is 80.3 Å². The number of carboxylic acids is 2. The highest BCUT2D eigenvalue weighted by Crippen LogP contribution is 2.36. The van der Waals surface area contributed by atoms with Crippen LogP contribution in [0.25, 0.3) is 40.3 Å². The molecule has 0 saturated heterocycles. The highest BCUT2D eigenvalue weighted by molar-refractivity contribution is 7.22. The van der Waals surface area contributed by atoms with Crippen LogP contribution in [0.2, 0.25) is 0 Å². The molecule has 0 saturated carbocycles. The van der Waals surface area contributed by atoms with E-state index in [1.54, 1.807) is 0 Å². The number of carbonyl (C=O) groups is 8. The first-order valence-corrected chi connectivity index (χ1v) is 29.7. The first kappa shape index (κ1) is 59.9. The second-order valence-corrected chi connectivity index (χ2v) is 25.4. The number of hydrogen-bond acceptors (Lipinski definition) is 14. The Bertz CT molecular complexity index is 3650. The molecule has 414 valence electrons. The second kappa shape index (κ2) is 26.5. The van der Waals surface area contributed by atoms with Crippen LogP contribution in [0, 0.1) is 27.7 Å². The van der Waals surface area contributed by atoms with Gasteiger partial charge in [0.25, 0.3) is 0 Å². The maximum atomic E-state index is 12.8. The molecule has 0 bridgehead atoms. The van der Waals surface area contributed by atoms with Crippen molar-refractivity contribution in [2.75, 3.05) is 7.11 Å². The van der Waals surface area contributed by atoms with Gasteiger partial charge in [-0.1, -0.05) is 24.3 Å². The van der Waals surface area contributed by atoms with Crippen LogP contribution in [0.3, 0.4) is 0 Å². The molecule has 0 unspecified atom stereocenters. The van der Waals surface area contributed by atoms with E-state index in [4.69, 9.17) is 14.9 Å². The number of thiophene rings is 4. The Morgan fingerprint density at radius 1 is 0.418 bits per heavy atom. The Balaban J connectivity index is 0.000000230. The third-order valence-corrected chi connectivity index (χ3v) is 18.0. The van der Waals surface area contributed by atoms with Crippen molar-refractivity contribution in [1.82, 2.24) is 0 Å². The van der Waals surface area contributed by atoms with E-state index >= 15 is 0 Å². The van der Waals surface area contributed by atoms with Gasteiger partial charge in [-0.3, -0.25) is 38.4 Å². The quantitative estimate of drug-likeness (QED) is 0.0430. The SMILES string of the molecule is COC(=O)CCC(=O)c1cc2c(CCCc3cc4sc(C(=O)CCC(=O)OC(C)(C)C)cc4cc3C)cc(C)cc2s1.Cc1cc(CCCc2cc3sc(C(=O)CCC(=O)O)cc3cc2C)c2cc(C(=O)CCC(=O)O)sc2c1. The average molecular weight is 1140 g/mol. The summed E-state index contributed by atoms with van der Waals surface area (Å²) in [5, 5.41) is 21.9. The Labute approximate surface area is 475 Å². The smallest absolute Gasteiger partial charge is 0.306 e. The molecule has 16 heteroatoms. The van der Waals surface area contributed by atoms with Crippen molar-refractivity contribution in [3.8, 4) is 0 Å². The predicted molar refractivity (Wildman–Crippen MR) is 318 cm³/mol. The van der Waals surface area contributed by atoms with E-state index < -0.39 is 17.5 Å². The van der Waals surface area contributed by atoms with Crippen LogP contribution >= 0.6 is 45.3 Å². The van der Waals surface area contributed by atoms with Gasteiger partial charge in [0.05, 0.1) is 52.3 Å². The minimum atomic E-state index is -0.970. The fourth-order valence-corrected chi connectivity index (χ4v) is 14.0. The van der Waals surface area contributed by atoms with E-state index in [0.29, 0.717) is 19.5 Å². The zero-order valence-corrected chi connectivity index (χ0v) is 49.2. The molecule has 0 radical (unpaired) electrons. The topological polar surface area (TPSA) is 195 Å². The van der Waals surface area contributed by atoms with Crippen molar-refractivity contribution in [2.24, 2.45) is 0 Å². The van der Waals surface area contributed by atoms with Gasteiger partial charge in [0.15, 0.2) is 23.1 Å². The van der Waals surface area contributed by atoms with Crippen LogP contribution in [-0.4, -0.2) is 69.9 Å². The summed E-state index contributed by atoms with van der Waals surface area (Å²) in [6, 6.07) is 24.8. The Morgan fingerprint density at radius 2 is 0.772 bits per heavy atom. The summed E-state index contributed by atoms with van der Waals surface area (Å²) in [4.78, 5) is 98.0. The van der Waals surface area contributed by atoms with Crippen LogP contribution in [0.1, 0.15) is 168 Å². The minimum Gasteiger partial charge on any atom is -0.481 e. The molecule has 4 heterocycles. The van der Waals surface area contributed by atoms with Gasteiger partial charge in [0.2, 0.25) is 0 Å². The fourth-order valence-electron chi connectivity index (χ4n) is 9.51. The molecule has 0 aliphatic heterocycles. The third-order valence-electron chi connectivity index (χ3n) is 13.5. The van der Waals surface area contributed by atoms with E-state index in [2.05, 4.69) is 74.0 Å². The number of methoxy groups -OCH3 is 1. The van der Waals surface area contributed by atoms with Crippen molar-refractivity contribution in [1.29, 1.82) is 0 Å².